The fourth-order valence-corrected chi connectivity index (χ4v) is 3.35. The van der Waals surface area contributed by atoms with Gasteiger partial charge in [0.2, 0.25) is 0 Å². The highest BCUT2D eigenvalue weighted by atomic mass is 16.5. The first-order valence-electron chi connectivity index (χ1n) is 9.54. The van der Waals surface area contributed by atoms with E-state index >= 15 is 0 Å². The van der Waals surface area contributed by atoms with Gasteiger partial charge in [0.15, 0.2) is 0 Å². The van der Waals surface area contributed by atoms with Gasteiger partial charge in [-0.05, 0) is 54.8 Å². The molecule has 0 radical (unpaired) electrons. The third-order valence-electron chi connectivity index (χ3n) is 4.81. The minimum Gasteiger partial charge on any atom is -0.487 e. The number of nitrogens with one attached hydrogen (secondary N) is 1. The first-order valence-corrected chi connectivity index (χ1v) is 9.54. The average molecular weight is 403 g/mol. The van der Waals surface area contributed by atoms with E-state index in [4.69, 9.17) is 14.2 Å². The molecule has 0 fully saturated rings. The van der Waals surface area contributed by atoms with Gasteiger partial charge in [0.25, 0.3) is 0 Å². The SMILES string of the molecule is Cc1cccc(C)c1-c1cccc(COc2ccc(Cn3oc(=O)[nH]c3=O)cc2)n1. The van der Waals surface area contributed by atoms with E-state index in [1.165, 1.54) is 11.1 Å². The summed E-state index contributed by atoms with van der Waals surface area (Å²) in [6.07, 6.45) is 0. The van der Waals surface area contributed by atoms with E-state index in [0.717, 1.165) is 27.3 Å². The average Bonchev–Trinajstić information content (AvgIpc) is 3.04. The van der Waals surface area contributed by atoms with Crippen LogP contribution in [0.25, 0.3) is 11.3 Å². The number of H-pyrrole nitrogens is 1. The van der Waals surface area contributed by atoms with E-state index in [2.05, 4.69) is 31.0 Å². The van der Waals surface area contributed by atoms with Crippen LogP contribution in [0.3, 0.4) is 0 Å². The van der Waals surface area contributed by atoms with Crippen molar-refractivity contribution in [2.75, 3.05) is 0 Å². The summed E-state index contributed by atoms with van der Waals surface area (Å²) in [5.41, 5.74) is 5.52. The third-order valence-corrected chi connectivity index (χ3v) is 4.81. The van der Waals surface area contributed by atoms with E-state index < -0.39 is 11.4 Å². The molecular formula is C23H21N3O4. The number of aryl methyl sites for hydroxylation is 2. The highest BCUT2D eigenvalue weighted by molar-refractivity contribution is 5.67. The normalized spacial score (nSPS) is 10.9. The Morgan fingerprint density at radius 1 is 0.967 bits per heavy atom. The summed E-state index contributed by atoms with van der Waals surface area (Å²) in [4.78, 5) is 29.4. The number of hydrogen-bond acceptors (Lipinski definition) is 5. The Bertz CT molecular complexity index is 1260. The zero-order valence-corrected chi connectivity index (χ0v) is 16.7. The second-order valence-corrected chi connectivity index (χ2v) is 7.06. The predicted octanol–water partition coefficient (Wildman–Crippen LogP) is 3.44. The van der Waals surface area contributed by atoms with Crippen molar-refractivity contribution in [2.24, 2.45) is 0 Å². The van der Waals surface area contributed by atoms with Crippen LogP contribution in [-0.4, -0.2) is 14.7 Å². The topological polar surface area (TPSA) is 90.1 Å². The van der Waals surface area contributed by atoms with Crippen LogP contribution < -0.4 is 16.2 Å². The monoisotopic (exact) mass is 403 g/mol. The highest BCUT2D eigenvalue weighted by Gasteiger charge is 2.08. The molecule has 0 aliphatic rings. The molecule has 2 heterocycles. The lowest BCUT2D eigenvalue weighted by molar-refractivity contribution is 0.258. The van der Waals surface area contributed by atoms with Gasteiger partial charge in [0, 0.05) is 5.56 Å². The number of benzene rings is 2. The van der Waals surface area contributed by atoms with E-state index in [-0.39, 0.29) is 6.54 Å². The van der Waals surface area contributed by atoms with Crippen LogP contribution in [-0.2, 0) is 13.2 Å². The molecule has 4 aromatic rings. The van der Waals surface area contributed by atoms with Crippen molar-refractivity contribution in [2.45, 2.75) is 27.0 Å². The van der Waals surface area contributed by atoms with Crippen LogP contribution in [0.5, 0.6) is 5.75 Å². The molecule has 0 saturated heterocycles. The maximum atomic E-state index is 11.5. The van der Waals surface area contributed by atoms with Crippen molar-refractivity contribution < 1.29 is 9.26 Å². The molecule has 1 N–H and O–H groups in total. The summed E-state index contributed by atoms with van der Waals surface area (Å²) in [7, 11) is 0. The Kier molecular flexibility index (Phi) is 5.34. The minimum atomic E-state index is -0.768. The van der Waals surface area contributed by atoms with E-state index in [0.29, 0.717) is 12.4 Å². The number of ether oxygens (including phenoxy) is 1. The number of pyridine rings is 1. The molecule has 0 atom stereocenters. The van der Waals surface area contributed by atoms with Crippen molar-refractivity contribution in [1.82, 2.24) is 14.7 Å². The van der Waals surface area contributed by atoms with Crippen molar-refractivity contribution in [1.29, 1.82) is 0 Å². The van der Waals surface area contributed by atoms with Gasteiger partial charge in [-0.2, -0.15) is 0 Å². The quantitative estimate of drug-likeness (QED) is 0.533. The third kappa shape index (κ3) is 4.25. The first kappa shape index (κ1) is 19.4. The van der Waals surface area contributed by atoms with Gasteiger partial charge in [-0.15, -0.1) is 4.74 Å². The predicted molar refractivity (Wildman–Crippen MR) is 113 cm³/mol. The van der Waals surface area contributed by atoms with Crippen LogP contribution in [0.1, 0.15) is 22.4 Å². The van der Waals surface area contributed by atoms with Crippen molar-refractivity contribution in [3.63, 3.8) is 0 Å². The first-order chi connectivity index (χ1) is 14.5. The lowest BCUT2D eigenvalue weighted by Crippen LogP contribution is -2.17. The molecule has 2 aromatic carbocycles. The molecule has 0 bridgehead atoms. The molecule has 30 heavy (non-hydrogen) atoms. The van der Waals surface area contributed by atoms with E-state index in [1.54, 1.807) is 12.1 Å². The summed E-state index contributed by atoms with van der Waals surface area (Å²) >= 11 is 0. The standard InChI is InChI=1S/C23H21N3O4/c1-15-5-3-6-16(2)21(15)20-8-4-7-18(24-20)14-29-19-11-9-17(10-12-19)13-26-22(27)25-23(28)30-26/h3-12H,13-14H2,1-2H3,(H,25,27,28). The number of hydrogen-bond donors (Lipinski definition) is 1. The molecule has 0 unspecified atom stereocenters. The zero-order valence-electron chi connectivity index (χ0n) is 16.7. The molecule has 0 saturated carbocycles. The molecule has 0 aliphatic carbocycles. The van der Waals surface area contributed by atoms with Crippen LogP contribution >= 0.6 is 0 Å². The molecule has 4 rings (SSSR count). The zero-order chi connectivity index (χ0) is 21.1. The van der Waals surface area contributed by atoms with E-state index in [1.807, 2.05) is 36.4 Å². The second-order valence-electron chi connectivity index (χ2n) is 7.06. The summed E-state index contributed by atoms with van der Waals surface area (Å²) in [5.74, 6) is -0.0866. The van der Waals surface area contributed by atoms with Gasteiger partial charge in [-0.25, -0.2) is 19.6 Å². The molecule has 0 spiro atoms. The van der Waals surface area contributed by atoms with Gasteiger partial charge in [-0.1, -0.05) is 36.4 Å². The Hall–Kier alpha value is -3.87. The maximum absolute atomic E-state index is 11.5. The Morgan fingerprint density at radius 2 is 1.67 bits per heavy atom. The van der Waals surface area contributed by atoms with Crippen molar-refractivity contribution in [3.05, 3.63) is 104 Å². The fraction of sp³-hybridized carbons (Fsp3) is 0.174. The van der Waals surface area contributed by atoms with Gasteiger partial charge >= 0.3 is 11.4 Å². The number of aromatic amines is 1. The van der Waals surface area contributed by atoms with E-state index in [9.17, 15) is 9.59 Å². The van der Waals surface area contributed by atoms with Gasteiger partial charge in [0.05, 0.1) is 17.9 Å². The van der Waals surface area contributed by atoms with Crippen LogP contribution in [0, 0.1) is 13.8 Å². The van der Waals surface area contributed by atoms with Crippen LogP contribution in [0.15, 0.2) is 74.8 Å². The van der Waals surface area contributed by atoms with Gasteiger partial charge < -0.3 is 9.26 Å². The van der Waals surface area contributed by atoms with Crippen LogP contribution in [0.2, 0.25) is 0 Å². The number of rotatable bonds is 6. The van der Waals surface area contributed by atoms with Crippen molar-refractivity contribution >= 4 is 0 Å². The summed E-state index contributed by atoms with van der Waals surface area (Å²) in [6.45, 7) is 4.67. The Labute approximate surface area is 172 Å². The Balaban J connectivity index is 1.44. The highest BCUT2D eigenvalue weighted by Crippen LogP contribution is 2.25. The fourth-order valence-electron chi connectivity index (χ4n) is 3.35. The smallest absolute Gasteiger partial charge is 0.440 e. The molecular weight excluding hydrogens is 382 g/mol. The molecule has 7 nitrogen and oxygen atoms in total. The molecule has 0 amide bonds. The summed E-state index contributed by atoms with van der Waals surface area (Å²) in [5, 5.41) is 0. The van der Waals surface area contributed by atoms with Crippen LogP contribution in [0.4, 0.5) is 0 Å². The number of aromatic nitrogens is 3. The molecule has 0 aliphatic heterocycles. The summed E-state index contributed by atoms with van der Waals surface area (Å²) < 4.78 is 11.6. The lowest BCUT2D eigenvalue weighted by Gasteiger charge is -2.11. The molecule has 152 valence electrons. The van der Waals surface area contributed by atoms with Gasteiger partial charge in [0.1, 0.15) is 12.4 Å². The largest absolute Gasteiger partial charge is 0.487 e. The minimum absolute atomic E-state index is 0.164. The number of nitrogens with zero attached hydrogens (tertiary/aromatic N) is 2. The van der Waals surface area contributed by atoms with Crippen molar-refractivity contribution in [3.8, 4) is 17.0 Å². The summed E-state index contributed by atoms with van der Waals surface area (Å²) in [6, 6.07) is 19.4. The second kappa shape index (κ2) is 8.24. The lowest BCUT2D eigenvalue weighted by atomic mass is 9.99. The van der Waals surface area contributed by atoms with Gasteiger partial charge in [-0.3, -0.25) is 0 Å². The Morgan fingerprint density at radius 3 is 2.33 bits per heavy atom. The maximum Gasteiger partial charge on any atom is 0.440 e. The molecule has 2 aromatic heterocycles. The molecule has 7 heteroatoms.